The molecule has 2 aromatic rings. The van der Waals surface area contributed by atoms with E-state index >= 15 is 0 Å². The lowest BCUT2D eigenvalue weighted by molar-refractivity contribution is 0.0948. The van der Waals surface area contributed by atoms with E-state index < -0.39 is 0 Å². The number of benzene rings is 2. The van der Waals surface area contributed by atoms with Crippen molar-refractivity contribution in [2.45, 2.75) is 24.7 Å². The average molecular weight is 380 g/mol. The molecule has 1 atom stereocenters. The molecule has 5 heteroatoms. The van der Waals surface area contributed by atoms with Crippen molar-refractivity contribution in [2.24, 2.45) is 5.92 Å². The zero-order valence-electron chi connectivity index (χ0n) is 15.1. The Hall–Kier alpha value is -2.51. The standard InChI is InChI=1S/C22H22ClN3O/c23-19-5-7-20(8-6-19)26-12-9-16(14-26)13-25-21(27)17-1-3-18(4-2-17)22(15-24)10-11-22/h1-8,16H,9-14H2,(H,25,27). The van der Waals surface area contributed by atoms with Gasteiger partial charge in [0.25, 0.3) is 5.91 Å². The molecule has 1 saturated heterocycles. The molecule has 2 aliphatic rings. The summed E-state index contributed by atoms with van der Waals surface area (Å²) in [7, 11) is 0. The summed E-state index contributed by atoms with van der Waals surface area (Å²) in [5.74, 6) is 0.394. The second kappa shape index (κ2) is 7.25. The van der Waals surface area contributed by atoms with Gasteiger partial charge in [0.15, 0.2) is 0 Å². The molecule has 1 amide bonds. The van der Waals surface area contributed by atoms with Gasteiger partial charge >= 0.3 is 0 Å². The number of rotatable bonds is 5. The van der Waals surface area contributed by atoms with Crippen LogP contribution >= 0.6 is 11.6 Å². The molecule has 1 N–H and O–H groups in total. The summed E-state index contributed by atoms with van der Waals surface area (Å²) >= 11 is 5.95. The maximum absolute atomic E-state index is 12.4. The minimum atomic E-state index is -0.302. The van der Waals surface area contributed by atoms with Crippen molar-refractivity contribution in [1.82, 2.24) is 5.32 Å². The number of halogens is 1. The Labute approximate surface area is 164 Å². The maximum Gasteiger partial charge on any atom is 0.251 e. The molecule has 1 saturated carbocycles. The van der Waals surface area contributed by atoms with Crippen molar-refractivity contribution in [3.8, 4) is 6.07 Å². The molecule has 27 heavy (non-hydrogen) atoms. The second-order valence-corrected chi connectivity index (χ2v) is 7.99. The summed E-state index contributed by atoms with van der Waals surface area (Å²) in [4.78, 5) is 14.8. The van der Waals surface area contributed by atoms with Crippen molar-refractivity contribution >= 4 is 23.2 Å². The highest BCUT2D eigenvalue weighted by molar-refractivity contribution is 6.30. The molecule has 0 bridgehead atoms. The van der Waals surface area contributed by atoms with E-state index in [1.54, 1.807) is 0 Å². The summed E-state index contributed by atoms with van der Waals surface area (Å²) in [6.45, 7) is 2.60. The van der Waals surface area contributed by atoms with Crippen LogP contribution in [0.15, 0.2) is 48.5 Å². The van der Waals surface area contributed by atoms with Gasteiger partial charge < -0.3 is 10.2 Å². The fourth-order valence-electron chi connectivity index (χ4n) is 3.76. The highest BCUT2D eigenvalue weighted by Crippen LogP contribution is 2.47. The fraction of sp³-hybridized carbons (Fsp3) is 0.364. The number of nitriles is 1. The summed E-state index contributed by atoms with van der Waals surface area (Å²) in [5.41, 5.74) is 2.55. The van der Waals surface area contributed by atoms with Gasteiger partial charge in [-0.15, -0.1) is 0 Å². The Bertz CT molecular complexity index is 866. The Balaban J connectivity index is 1.29. The van der Waals surface area contributed by atoms with Crippen molar-refractivity contribution in [2.75, 3.05) is 24.5 Å². The third-order valence-electron chi connectivity index (χ3n) is 5.69. The van der Waals surface area contributed by atoms with Crippen LogP contribution in [0.3, 0.4) is 0 Å². The van der Waals surface area contributed by atoms with Crippen molar-refractivity contribution in [3.05, 3.63) is 64.7 Å². The van der Waals surface area contributed by atoms with E-state index in [4.69, 9.17) is 11.6 Å². The third-order valence-corrected chi connectivity index (χ3v) is 5.94. The first-order valence-electron chi connectivity index (χ1n) is 9.40. The van der Waals surface area contributed by atoms with E-state index in [0.29, 0.717) is 18.0 Å². The molecule has 1 aliphatic carbocycles. The Morgan fingerprint density at radius 2 is 1.89 bits per heavy atom. The van der Waals surface area contributed by atoms with Gasteiger partial charge in [-0.1, -0.05) is 23.7 Å². The van der Waals surface area contributed by atoms with Crippen LogP contribution in [-0.2, 0) is 5.41 Å². The van der Waals surface area contributed by atoms with E-state index in [1.807, 2.05) is 48.5 Å². The maximum atomic E-state index is 12.4. The molecule has 2 aromatic carbocycles. The number of anilines is 1. The van der Waals surface area contributed by atoms with Gasteiger partial charge in [0, 0.05) is 35.9 Å². The summed E-state index contributed by atoms with van der Waals surface area (Å²) in [6.07, 6.45) is 2.90. The highest BCUT2D eigenvalue weighted by Gasteiger charge is 2.44. The van der Waals surface area contributed by atoms with Crippen molar-refractivity contribution < 1.29 is 4.79 Å². The lowest BCUT2D eigenvalue weighted by atomic mass is 9.96. The van der Waals surface area contributed by atoms with Crippen LogP contribution in [0.25, 0.3) is 0 Å². The minimum Gasteiger partial charge on any atom is -0.371 e. The zero-order valence-corrected chi connectivity index (χ0v) is 15.9. The first-order valence-corrected chi connectivity index (χ1v) is 9.78. The lowest BCUT2D eigenvalue weighted by Crippen LogP contribution is -2.31. The Kier molecular flexibility index (Phi) is 4.80. The zero-order chi connectivity index (χ0) is 18.9. The van der Waals surface area contributed by atoms with Gasteiger partial charge in [-0.3, -0.25) is 4.79 Å². The van der Waals surface area contributed by atoms with Gasteiger partial charge in [-0.05, 0) is 67.1 Å². The molecule has 4 nitrogen and oxygen atoms in total. The van der Waals surface area contributed by atoms with E-state index in [-0.39, 0.29) is 11.3 Å². The molecule has 1 unspecified atom stereocenters. The second-order valence-electron chi connectivity index (χ2n) is 7.56. The lowest BCUT2D eigenvalue weighted by Gasteiger charge is -2.19. The molecule has 4 rings (SSSR count). The van der Waals surface area contributed by atoms with E-state index in [2.05, 4.69) is 16.3 Å². The molecule has 1 heterocycles. The smallest absolute Gasteiger partial charge is 0.251 e. The third kappa shape index (κ3) is 3.79. The molecular weight excluding hydrogens is 358 g/mol. The topological polar surface area (TPSA) is 56.1 Å². The number of nitrogens with one attached hydrogen (secondary N) is 1. The van der Waals surface area contributed by atoms with Crippen LogP contribution in [0.4, 0.5) is 5.69 Å². The molecule has 0 aromatic heterocycles. The number of carbonyl (C=O) groups excluding carboxylic acids is 1. The molecule has 2 fully saturated rings. The van der Waals surface area contributed by atoms with E-state index in [9.17, 15) is 10.1 Å². The highest BCUT2D eigenvalue weighted by atomic mass is 35.5. The average Bonchev–Trinajstić information content (AvgIpc) is 3.37. The summed E-state index contributed by atoms with van der Waals surface area (Å²) in [6, 6.07) is 17.8. The molecule has 0 radical (unpaired) electrons. The number of carbonyl (C=O) groups is 1. The number of hydrogen-bond acceptors (Lipinski definition) is 3. The monoisotopic (exact) mass is 379 g/mol. The number of nitrogens with zero attached hydrogens (tertiary/aromatic N) is 2. The Morgan fingerprint density at radius 3 is 2.52 bits per heavy atom. The first-order chi connectivity index (χ1) is 13.1. The van der Waals surface area contributed by atoms with Crippen LogP contribution in [0, 0.1) is 17.2 Å². The van der Waals surface area contributed by atoms with Gasteiger partial charge in [0.05, 0.1) is 11.5 Å². The normalized spacial score (nSPS) is 20.1. The van der Waals surface area contributed by atoms with Crippen molar-refractivity contribution in [1.29, 1.82) is 5.26 Å². The molecular formula is C22H22ClN3O. The van der Waals surface area contributed by atoms with E-state index in [1.165, 1.54) is 5.69 Å². The fourth-order valence-corrected chi connectivity index (χ4v) is 3.88. The predicted molar refractivity (Wildman–Crippen MR) is 107 cm³/mol. The SMILES string of the molecule is N#CC1(c2ccc(C(=O)NCC3CCN(c4ccc(Cl)cc4)C3)cc2)CC1. The van der Waals surface area contributed by atoms with Gasteiger partial charge in [0.2, 0.25) is 0 Å². The largest absolute Gasteiger partial charge is 0.371 e. The van der Waals surface area contributed by atoms with E-state index in [0.717, 1.165) is 42.9 Å². The van der Waals surface area contributed by atoms with Crippen LogP contribution in [-0.4, -0.2) is 25.5 Å². The first kappa shape index (κ1) is 17.9. The summed E-state index contributed by atoms with van der Waals surface area (Å²) < 4.78 is 0. The predicted octanol–water partition coefficient (Wildman–Crippen LogP) is 4.15. The van der Waals surface area contributed by atoms with Crippen LogP contribution in [0.2, 0.25) is 5.02 Å². The minimum absolute atomic E-state index is 0.0479. The van der Waals surface area contributed by atoms with Crippen LogP contribution < -0.4 is 10.2 Å². The molecule has 0 spiro atoms. The Morgan fingerprint density at radius 1 is 1.19 bits per heavy atom. The molecule has 1 aliphatic heterocycles. The van der Waals surface area contributed by atoms with Gasteiger partial charge in [0.1, 0.15) is 0 Å². The van der Waals surface area contributed by atoms with Gasteiger partial charge in [-0.25, -0.2) is 0 Å². The van der Waals surface area contributed by atoms with Crippen LogP contribution in [0.1, 0.15) is 35.2 Å². The van der Waals surface area contributed by atoms with Crippen LogP contribution in [0.5, 0.6) is 0 Å². The van der Waals surface area contributed by atoms with Crippen molar-refractivity contribution in [3.63, 3.8) is 0 Å². The number of hydrogen-bond donors (Lipinski definition) is 1. The summed E-state index contributed by atoms with van der Waals surface area (Å²) in [5, 5.41) is 13.1. The van der Waals surface area contributed by atoms with Gasteiger partial charge in [-0.2, -0.15) is 5.26 Å². The quantitative estimate of drug-likeness (QED) is 0.848. The molecule has 138 valence electrons. The number of amides is 1.